The van der Waals surface area contributed by atoms with Gasteiger partial charge in [-0.15, -0.1) is 0 Å². The number of benzene rings is 1. The Morgan fingerprint density at radius 2 is 2.04 bits per heavy atom. The van der Waals surface area contributed by atoms with Crippen LogP contribution in [0.25, 0.3) is 0 Å². The fourth-order valence-corrected chi connectivity index (χ4v) is 2.75. The quantitative estimate of drug-likeness (QED) is 0.716. The Bertz CT molecular complexity index is 828. The molecule has 1 saturated heterocycles. The van der Waals surface area contributed by atoms with Crippen molar-refractivity contribution < 1.29 is 18.7 Å². The van der Waals surface area contributed by atoms with Gasteiger partial charge in [-0.1, -0.05) is 6.58 Å². The van der Waals surface area contributed by atoms with Crippen LogP contribution in [0.3, 0.4) is 0 Å². The van der Waals surface area contributed by atoms with E-state index < -0.39 is 17.6 Å². The minimum atomic E-state index is -0.611. The smallest absolute Gasteiger partial charge is 0.276 e. The van der Waals surface area contributed by atoms with E-state index >= 15 is 0 Å². The Hall–Kier alpha value is -3.00. The van der Waals surface area contributed by atoms with Crippen molar-refractivity contribution in [2.75, 3.05) is 23.8 Å². The van der Waals surface area contributed by atoms with Crippen molar-refractivity contribution >= 4 is 23.2 Å². The average molecular weight is 358 g/mol. The average Bonchev–Trinajstić information content (AvgIpc) is 3.15. The Morgan fingerprint density at radius 3 is 2.77 bits per heavy atom. The minimum absolute atomic E-state index is 0.0439. The number of nitrogens with zero attached hydrogens (tertiary/aromatic N) is 1. The molecular weight excluding hydrogens is 339 g/mol. The van der Waals surface area contributed by atoms with Crippen molar-refractivity contribution in [3.8, 4) is 0 Å². The molecule has 0 radical (unpaired) electrons. The van der Waals surface area contributed by atoms with E-state index in [2.05, 4.69) is 27.4 Å². The molecule has 1 aliphatic heterocycles. The summed E-state index contributed by atoms with van der Waals surface area (Å²) in [5, 5.41) is 11.9. The molecule has 0 aliphatic carbocycles. The Kier molecular flexibility index (Phi) is 5.43. The number of hydrogen-bond acceptors (Lipinski definition) is 4. The third kappa shape index (κ3) is 4.15. The topological polar surface area (TPSA) is 96.1 Å². The fourth-order valence-electron chi connectivity index (χ4n) is 2.75. The monoisotopic (exact) mass is 358 g/mol. The van der Waals surface area contributed by atoms with Gasteiger partial charge >= 0.3 is 0 Å². The van der Waals surface area contributed by atoms with E-state index in [0.717, 1.165) is 30.7 Å². The number of halogens is 1. The van der Waals surface area contributed by atoms with Gasteiger partial charge in [0.2, 0.25) is 5.91 Å². The Morgan fingerprint density at radius 1 is 1.27 bits per heavy atom. The van der Waals surface area contributed by atoms with Gasteiger partial charge in [0, 0.05) is 30.5 Å². The minimum Gasteiger partial charge on any atom is -0.381 e. The predicted octanol–water partition coefficient (Wildman–Crippen LogP) is 2.82. The van der Waals surface area contributed by atoms with E-state index in [4.69, 9.17) is 4.74 Å². The number of H-pyrrole nitrogens is 1. The van der Waals surface area contributed by atoms with Crippen LogP contribution in [-0.4, -0.2) is 35.2 Å². The molecule has 1 aliphatic rings. The predicted molar refractivity (Wildman–Crippen MR) is 94.6 cm³/mol. The highest BCUT2D eigenvalue weighted by Gasteiger charge is 2.20. The summed E-state index contributed by atoms with van der Waals surface area (Å²) < 4.78 is 19.1. The van der Waals surface area contributed by atoms with E-state index in [1.54, 1.807) is 6.07 Å². The maximum absolute atomic E-state index is 13.7. The first-order chi connectivity index (χ1) is 12.6. The van der Waals surface area contributed by atoms with Gasteiger partial charge in [-0.05, 0) is 43.2 Å². The number of aromatic nitrogens is 2. The summed E-state index contributed by atoms with van der Waals surface area (Å²) in [7, 11) is 0. The maximum atomic E-state index is 13.7. The van der Waals surface area contributed by atoms with Crippen molar-refractivity contribution in [1.82, 2.24) is 10.2 Å². The third-order valence-electron chi connectivity index (χ3n) is 4.16. The summed E-state index contributed by atoms with van der Waals surface area (Å²) in [5.74, 6) is -1.28. The first-order valence-electron chi connectivity index (χ1n) is 8.24. The summed E-state index contributed by atoms with van der Waals surface area (Å²) in [4.78, 5) is 23.7. The molecule has 1 aromatic carbocycles. The first kappa shape index (κ1) is 17.8. The van der Waals surface area contributed by atoms with E-state index in [1.807, 2.05) is 0 Å². The van der Waals surface area contributed by atoms with Crippen molar-refractivity contribution in [3.63, 3.8) is 0 Å². The van der Waals surface area contributed by atoms with Crippen LogP contribution in [0.15, 0.2) is 36.9 Å². The fraction of sp³-hybridized carbons (Fsp3) is 0.278. The zero-order valence-corrected chi connectivity index (χ0v) is 14.0. The highest BCUT2D eigenvalue weighted by atomic mass is 19.1. The van der Waals surface area contributed by atoms with Crippen LogP contribution >= 0.6 is 0 Å². The first-order valence-corrected chi connectivity index (χ1v) is 8.24. The third-order valence-corrected chi connectivity index (χ3v) is 4.16. The van der Waals surface area contributed by atoms with Crippen molar-refractivity contribution in [1.29, 1.82) is 0 Å². The van der Waals surface area contributed by atoms with Crippen LogP contribution in [0.5, 0.6) is 0 Å². The molecule has 3 N–H and O–H groups in total. The van der Waals surface area contributed by atoms with Crippen LogP contribution in [0, 0.1) is 5.82 Å². The number of rotatable bonds is 5. The van der Waals surface area contributed by atoms with Crippen molar-refractivity contribution in [2.45, 2.75) is 18.8 Å². The van der Waals surface area contributed by atoms with Gasteiger partial charge in [0.1, 0.15) is 5.82 Å². The largest absolute Gasteiger partial charge is 0.381 e. The van der Waals surface area contributed by atoms with Gasteiger partial charge in [0.05, 0.1) is 5.69 Å². The molecule has 7 nitrogen and oxygen atoms in total. The molecule has 1 fully saturated rings. The van der Waals surface area contributed by atoms with Gasteiger partial charge in [-0.25, -0.2) is 4.39 Å². The van der Waals surface area contributed by atoms with E-state index in [9.17, 15) is 14.0 Å². The molecule has 8 heteroatoms. The number of hydrogen-bond donors (Lipinski definition) is 3. The van der Waals surface area contributed by atoms with E-state index in [-0.39, 0.29) is 11.4 Å². The van der Waals surface area contributed by atoms with Crippen LogP contribution in [0.1, 0.15) is 34.9 Å². The lowest BCUT2D eigenvalue weighted by molar-refractivity contribution is -0.111. The molecule has 1 aromatic heterocycles. The molecular formula is C18H19FN4O3. The highest BCUT2D eigenvalue weighted by molar-refractivity contribution is 6.04. The highest BCUT2D eigenvalue weighted by Crippen LogP contribution is 2.26. The van der Waals surface area contributed by atoms with Crippen molar-refractivity contribution in [2.24, 2.45) is 0 Å². The zero-order chi connectivity index (χ0) is 18.5. The Labute approximate surface area is 149 Å². The number of carbonyl (C=O) groups is 2. The second-order valence-corrected chi connectivity index (χ2v) is 5.94. The molecule has 136 valence electrons. The van der Waals surface area contributed by atoms with E-state index in [0.29, 0.717) is 24.8 Å². The number of nitrogens with one attached hydrogen (secondary N) is 3. The number of aromatic amines is 1. The summed E-state index contributed by atoms with van der Waals surface area (Å²) >= 11 is 0. The van der Waals surface area contributed by atoms with Gasteiger partial charge in [-0.2, -0.15) is 5.10 Å². The zero-order valence-electron chi connectivity index (χ0n) is 14.0. The second kappa shape index (κ2) is 7.92. The standard InChI is InChI=1S/C18H19FN4O3/c1-2-17(24)21-15-9-12(3-4-13(15)19)20-18(25)16-10-14(22-23-16)11-5-7-26-8-6-11/h2-4,9-11H,1,5-8H2,(H,20,25)(H,21,24)(H,22,23). The lowest BCUT2D eigenvalue weighted by Gasteiger charge is -2.20. The SMILES string of the molecule is C=CC(=O)Nc1cc(NC(=O)c2cc(C3CCOCC3)[nH]n2)ccc1F. The molecule has 26 heavy (non-hydrogen) atoms. The van der Waals surface area contributed by atoms with Crippen molar-refractivity contribution in [3.05, 3.63) is 54.1 Å². The molecule has 2 heterocycles. The maximum Gasteiger partial charge on any atom is 0.276 e. The van der Waals surface area contributed by atoms with Crippen LogP contribution < -0.4 is 10.6 Å². The molecule has 0 saturated carbocycles. The lowest BCUT2D eigenvalue weighted by Crippen LogP contribution is -2.14. The van der Waals surface area contributed by atoms with Crippen LogP contribution in [0.4, 0.5) is 15.8 Å². The molecule has 0 spiro atoms. The molecule has 3 rings (SSSR count). The number of carbonyl (C=O) groups excluding carboxylic acids is 2. The van der Waals surface area contributed by atoms with Gasteiger partial charge < -0.3 is 15.4 Å². The molecule has 2 aromatic rings. The summed E-state index contributed by atoms with van der Waals surface area (Å²) in [5.41, 5.74) is 1.44. The number of anilines is 2. The number of amides is 2. The summed E-state index contributed by atoms with van der Waals surface area (Å²) in [6, 6.07) is 5.62. The molecule has 2 amide bonds. The molecule has 0 unspecified atom stereocenters. The molecule has 0 bridgehead atoms. The van der Waals surface area contributed by atoms with Gasteiger partial charge in [0.25, 0.3) is 5.91 Å². The van der Waals surface area contributed by atoms with E-state index in [1.165, 1.54) is 12.1 Å². The van der Waals surface area contributed by atoms with Gasteiger partial charge in [-0.3, -0.25) is 14.7 Å². The second-order valence-electron chi connectivity index (χ2n) is 5.94. The van der Waals surface area contributed by atoms with Crippen LogP contribution in [0.2, 0.25) is 0 Å². The number of ether oxygens (including phenoxy) is 1. The van der Waals surface area contributed by atoms with Crippen LogP contribution in [-0.2, 0) is 9.53 Å². The molecule has 0 atom stereocenters. The summed E-state index contributed by atoms with van der Waals surface area (Å²) in [6.45, 7) is 4.70. The lowest BCUT2D eigenvalue weighted by atomic mass is 9.96. The van der Waals surface area contributed by atoms with Gasteiger partial charge in [0.15, 0.2) is 5.69 Å². The Balaban J connectivity index is 1.69. The normalized spacial score (nSPS) is 14.7. The summed E-state index contributed by atoms with van der Waals surface area (Å²) in [6.07, 6.45) is 2.80.